The number of aromatic nitrogens is 3. The van der Waals surface area contributed by atoms with E-state index in [1.54, 1.807) is 0 Å². The number of para-hydroxylation sites is 2. The average molecular weight is 466 g/mol. The fourth-order valence-electron chi connectivity index (χ4n) is 5.24. The zero-order valence-corrected chi connectivity index (χ0v) is 21.0. The van der Waals surface area contributed by atoms with E-state index in [2.05, 4.69) is 45.9 Å². The average Bonchev–Trinajstić information content (AvgIpc) is 3.10. The van der Waals surface area contributed by atoms with Crippen LogP contribution in [0.5, 0.6) is 0 Å². The van der Waals surface area contributed by atoms with Crippen LogP contribution >= 0.6 is 0 Å². The number of carbonyl (C=O) groups is 1. The Morgan fingerprint density at radius 3 is 2.40 bits per heavy atom. The molecule has 0 saturated heterocycles. The smallest absolute Gasteiger partial charge is 0.336 e. The van der Waals surface area contributed by atoms with Crippen LogP contribution in [0.2, 0.25) is 0 Å². The summed E-state index contributed by atoms with van der Waals surface area (Å²) in [6.45, 7) is 10.8. The molecular formula is C30H31N3O2. The maximum atomic E-state index is 12.5. The number of hydrogen-bond acceptors (Lipinski definition) is 3. The Balaban J connectivity index is 1.75. The molecule has 0 amide bonds. The summed E-state index contributed by atoms with van der Waals surface area (Å²) in [5, 5.41) is 15.8. The fraction of sp³-hybridized carbons (Fsp3) is 0.300. The number of carboxylic acids is 1. The van der Waals surface area contributed by atoms with Gasteiger partial charge in [0.1, 0.15) is 0 Å². The lowest BCUT2D eigenvalue weighted by Gasteiger charge is -2.36. The molecule has 1 N–H and O–H groups in total. The molecule has 1 unspecified atom stereocenters. The zero-order chi connectivity index (χ0) is 24.9. The Morgan fingerprint density at radius 2 is 1.71 bits per heavy atom. The Kier molecular flexibility index (Phi) is 5.59. The maximum absolute atomic E-state index is 12.5. The van der Waals surface area contributed by atoms with E-state index in [-0.39, 0.29) is 5.41 Å². The number of aryl methyl sites for hydroxylation is 1. The van der Waals surface area contributed by atoms with Gasteiger partial charge in [-0.3, -0.25) is 0 Å². The lowest BCUT2D eigenvalue weighted by molar-refractivity contribution is 0.0696. The number of carboxylic acid groups (broad SMARTS) is 1. The van der Waals surface area contributed by atoms with Crippen LogP contribution < -0.4 is 0 Å². The van der Waals surface area contributed by atoms with Gasteiger partial charge in [-0.15, -0.1) is 0 Å². The van der Waals surface area contributed by atoms with Crippen LogP contribution in [-0.2, 0) is 6.42 Å². The molecule has 5 nitrogen and oxygen atoms in total. The van der Waals surface area contributed by atoms with Crippen molar-refractivity contribution in [3.63, 3.8) is 0 Å². The summed E-state index contributed by atoms with van der Waals surface area (Å²) in [6, 6.07) is 17.7. The van der Waals surface area contributed by atoms with Crippen molar-refractivity contribution in [3.05, 3.63) is 88.4 Å². The summed E-state index contributed by atoms with van der Waals surface area (Å²) in [6.07, 6.45) is 3.74. The van der Waals surface area contributed by atoms with E-state index in [0.717, 1.165) is 51.4 Å². The van der Waals surface area contributed by atoms with E-state index in [0.29, 0.717) is 23.3 Å². The molecule has 0 aliphatic heterocycles. The predicted molar refractivity (Wildman–Crippen MR) is 141 cm³/mol. The van der Waals surface area contributed by atoms with Gasteiger partial charge in [-0.05, 0) is 73.4 Å². The van der Waals surface area contributed by atoms with Gasteiger partial charge in [0.2, 0.25) is 0 Å². The van der Waals surface area contributed by atoms with E-state index in [9.17, 15) is 9.90 Å². The molecule has 1 aliphatic carbocycles. The van der Waals surface area contributed by atoms with Crippen LogP contribution in [-0.4, -0.2) is 25.8 Å². The van der Waals surface area contributed by atoms with Gasteiger partial charge in [0.15, 0.2) is 0 Å². The van der Waals surface area contributed by atoms with E-state index < -0.39 is 5.97 Å². The van der Waals surface area contributed by atoms with E-state index >= 15 is 0 Å². The molecule has 5 heteroatoms. The van der Waals surface area contributed by atoms with Gasteiger partial charge in [-0.2, -0.15) is 5.10 Å². The second kappa shape index (κ2) is 8.49. The molecule has 1 aliphatic rings. The molecule has 178 valence electrons. The third-order valence-corrected chi connectivity index (χ3v) is 7.32. The number of aromatic carboxylic acids is 1. The van der Waals surface area contributed by atoms with Crippen molar-refractivity contribution >= 4 is 28.5 Å². The molecule has 2 heterocycles. The van der Waals surface area contributed by atoms with Gasteiger partial charge in [-0.25, -0.2) is 14.5 Å². The topological polar surface area (TPSA) is 68.0 Å². The molecular weight excluding hydrogens is 434 g/mol. The molecule has 5 rings (SSSR count). The number of nitrogens with zero attached hydrogens (tertiary/aromatic N) is 3. The normalized spacial score (nSPS) is 17.1. The van der Waals surface area contributed by atoms with Crippen molar-refractivity contribution in [3.8, 4) is 5.69 Å². The molecule has 0 radical (unpaired) electrons. The van der Waals surface area contributed by atoms with Crippen LogP contribution in [0.25, 0.3) is 28.2 Å². The quantitative estimate of drug-likeness (QED) is 0.358. The van der Waals surface area contributed by atoms with Crippen LogP contribution in [0, 0.1) is 25.2 Å². The summed E-state index contributed by atoms with van der Waals surface area (Å²) in [7, 11) is 0. The molecule has 35 heavy (non-hydrogen) atoms. The monoisotopic (exact) mass is 465 g/mol. The Labute approximate surface area is 206 Å². The van der Waals surface area contributed by atoms with E-state index in [4.69, 9.17) is 10.1 Å². The van der Waals surface area contributed by atoms with Crippen molar-refractivity contribution in [1.29, 1.82) is 0 Å². The minimum atomic E-state index is -0.891. The van der Waals surface area contributed by atoms with E-state index in [1.165, 1.54) is 0 Å². The van der Waals surface area contributed by atoms with Gasteiger partial charge in [0.05, 0.1) is 28.2 Å². The lowest BCUT2D eigenvalue weighted by atomic mass is 9.69. The summed E-state index contributed by atoms with van der Waals surface area (Å²) >= 11 is 0. The number of allylic oxidation sites excluding steroid dienone is 1. The Morgan fingerprint density at radius 1 is 1.03 bits per heavy atom. The van der Waals surface area contributed by atoms with Crippen LogP contribution in [0.1, 0.15) is 65.8 Å². The molecule has 4 aromatic rings. The summed E-state index contributed by atoms with van der Waals surface area (Å²) < 4.78 is 1.98. The molecule has 2 aromatic carbocycles. The minimum Gasteiger partial charge on any atom is -0.478 e. The largest absolute Gasteiger partial charge is 0.478 e. The van der Waals surface area contributed by atoms with Crippen molar-refractivity contribution in [2.24, 2.45) is 11.3 Å². The predicted octanol–water partition coefficient (Wildman–Crippen LogP) is 6.88. The maximum Gasteiger partial charge on any atom is 0.336 e. The summed E-state index contributed by atoms with van der Waals surface area (Å²) in [5.74, 6) is -0.592. The third-order valence-electron chi connectivity index (χ3n) is 7.32. The van der Waals surface area contributed by atoms with Gasteiger partial charge in [0, 0.05) is 16.6 Å². The zero-order valence-electron chi connectivity index (χ0n) is 21.0. The SMILES string of the molecule is Cc1nn(-c2ccccc2)c(C)c1C=C1CC(C(C)(C)C)Cc2c1nc1ccccc1c2C(=O)O. The molecule has 0 saturated carbocycles. The van der Waals surface area contributed by atoms with Crippen LogP contribution in [0.15, 0.2) is 54.6 Å². The first-order valence-corrected chi connectivity index (χ1v) is 12.1. The van der Waals surface area contributed by atoms with Gasteiger partial charge < -0.3 is 5.11 Å². The first-order chi connectivity index (χ1) is 16.6. The molecule has 0 fully saturated rings. The van der Waals surface area contributed by atoms with Gasteiger partial charge in [-0.1, -0.05) is 57.2 Å². The number of fused-ring (bicyclic) bond motifs is 2. The number of rotatable bonds is 3. The lowest BCUT2D eigenvalue weighted by Crippen LogP contribution is -2.28. The molecule has 0 bridgehead atoms. The first-order valence-electron chi connectivity index (χ1n) is 12.1. The van der Waals surface area contributed by atoms with Crippen LogP contribution in [0.3, 0.4) is 0 Å². The minimum absolute atomic E-state index is 0.0243. The van der Waals surface area contributed by atoms with E-state index in [1.807, 2.05) is 54.1 Å². The van der Waals surface area contributed by atoms with Gasteiger partial charge >= 0.3 is 5.97 Å². The number of hydrogen-bond donors (Lipinski definition) is 1. The summed E-state index contributed by atoms with van der Waals surface area (Å²) in [5.41, 5.74) is 7.96. The van der Waals surface area contributed by atoms with Crippen LogP contribution in [0.4, 0.5) is 0 Å². The Bertz CT molecular complexity index is 1470. The van der Waals surface area contributed by atoms with Crippen molar-refractivity contribution in [1.82, 2.24) is 14.8 Å². The van der Waals surface area contributed by atoms with Crippen molar-refractivity contribution in [2.75, 3.05) is 0 Å². The highest BCUT2D eigenvalue weighted by Crippen LogP contribution is 2.45. The Hall–Kier alpha value is -3.73. The highest BCUT2D eigenvalue weighted by molar-refractivity contribution is 6.06. The second-order valence-electron chi connectivity index (χ2n) is 10.6. The summed E-state index contributed by atoms with van der Waals surface area (Å²) in [4.78, 5) is 17.5. The molecule has 2 aromatic heterocycles. The number of pyridine rings is 1. The highest BCUT2D eigenvalue weighted by atomic mass is 16.4. The third kappa shape index (κ3) is 4.05. The standard InChI is InChI=1S/C30H31N3O2/c1-18-24(19(2)33(32-18)22-11-7-6-8-12-22)16-20-15-21(30(3,4)5)17-25-27(29(34)35)23-13-9-10-14-26(23)31-28(20)25/h6-14,16,21H,15,17H2,1-5H3,(H,34,35). The first kappa shape index (κ1) is 23.0. The second-order valence-corrected chi connectivity index (χ2v) is 10.6. The molecule has 1 atom stereocenters. The fourth-order valence-corrected chi connectivity index (χ4v) is 5.24. The van der Waals surface area contributed by atoms with Crippen molar-refractivity contribution < 1.29 is 9.90 Å². The van der Waals surface area contributed by atoms with Gasteiger partial charge in [0.25, 0.3) is 0 Å². The molecule has 0 spiro atoms. The van der Waals surface area contributed by atoms with Crippen molar-refractivity contribution in [2.45, 2.75) is 47.5 Å². The number of benzene rings is 2. The highest BCUT2D eigenvalue weighted by Gasteiger charge is 2.35.